The van der Waals surface area contributed by atoms with E-state index in [9.17, 15) is 0 Å². The van der Waals surface area contributed by atoms with Gasteiger partial charge in [0.25, 0.3) is 0 Å². The molecule has 0 radical (unpaired) electrons. The summed E-state index contributed by atoms with van der Waals surface area (Å²) in [5, 5.41) is 0. The molecule has 0 aromatic carbocycles. The number of hydroxylamine groups is 1. The van der Waals surface area contributed by atoms with Gasteiger partial charge in [0, 0.05) is 14.2 Å². The zero-order valence-electron chi connectivity index (χ0n) is 8.76. The maximum absolute atomic E-state index is 5.29. The smallest absolute Gasteiger partial charge is 0.0705 e. The molecule has 0 spiro atoms. The van der Waals surface area contributed by atoms with E-state index < -0.39 is 0 Å². The van der Waals surface area contributed by atoms with Crippen molar-refractivity contribution < 1.29 is 4.84 Å². The third-order valence-corrected chi connectivity index (χ3v) is 3.81. The summed E-state index contributed by atoms with van der Waals surface area (Å²) in [6, 6.07) is 2.13. The Morgan fingerprint density at radius 3 is 2.79 bits per heavy atom. The molecule has 14 heavy (non-hydrogen) atoms. The molecule has 80 valence electrons. The molecule has 0 atom stereocenters. The van der Waals surface area contributed by atoms with Crippen LogP contribution in [0.25, 0.3) is 0 Å². The maximum atomic E-state index is 5.29. The highest BCUT2D eigenvalue weighted by Gasteiger charge is 2.02. The summed E-state index contributed by atoms with van der Waals surface area (Å²) in [6.45, 7) is 7.91. The summed E-state index contributed by atoms with van der Waals surface area (Å²) in [4.78, 5) is 7.89. The first-order valence-electron chi connectivity index (χ1n) is 4.69. The number of hydrogen-bond donors (Lipinski definition) is 1. The van der Waals surface area contributed by atoms with Crippen molar-refractivity contribution in [3.8, 4) is 0 Å². The molecule has 0 fully saturated rings. The molecule has 0 amide bonds. The molecule has 1 heterocycles. The zero-order valence-corrected chi connectivity index (χ0v) is 11.2. The molecule has 4 heteroatoms. The highest BCUT2D eigenvalue weighted by atomic mass is 79.9. The molecule has 1 rings (SSSR count). The van der Waals surface area contributed by atoms with Gasteiger partial charge in [0.1, 0.15) is 0 Å². The predicted octanol–water partition coefficient (Wildman–Crippen LogP) is 3.50. The van der Waals surface area contributed by atoms with Crippen LogP contribution in [0.1, 0.15) is 23.6 Å². The van der Waals surface area contributed by atoms with Crippen molar-refractivity contribution >= 4 is 27.3 Å². The van der Waals surface area contributed by atoms with Gasteiger partial charge in [0.2, 0.25) is 0 Å². The quantitative estimate of drug-likeness (QED) is 0.657. The average molecular weight is 278 g/mol. The van der Waals surface area contributed by atoms with Crippen LogP contribution in [0.4, 0.5) is 0 Å². The topological polar surface area (TPSA) is 21.3 Å². The number of hydrogen-bond acceptors (Lipinski definition) is 3. The Labute approximate surface area is 97.7 Å². The fourth-order valence-corrected chi connectivity index (χ4v) is 2.48. The van der Waals surface area contributed by atoms with Crippen LogP contribution in [-0.4, -0.2) is 6.61 Å². The van der Waals surface area contributed by atoms with E-state index >= 15 is 0 Å². The van der Waals surface area contributed by atoms with Gasteiger partial charge in [-0.25, -0.2) is 0 Å². The average Bonchev–Trinajstić information content (AvgIpc) is 2.40. The molecular formula is C10H16BrNOS. The van der Waals surface area contributed by atoms with E-state index in [1.54, 1.807) is 11.3 Å². The van der Waals surface area contributed by atoms with E-state index in [-0.39, 0.29) is 0 Å². The molecule has 1 N–H and O–H groups in total. The summed E-state index contributed by atoms with van der Waals surface area (Å²) in [6.07, 6.45) is 0. The lowest BCUT2D eigenvalue weighted by atomic mass is 10.2. The van der Waals surface area contributed by atoms with Crippen molar-refractivity contribution in [1.29, 1.82) is 0 Å². The summed E-state index contributed by atoms with van der Waals surface area (Å²) in [5.74, 6) is 0.569. The van der Waals surface area contributed by atoms with E-state index in [1.807, 2.05) is 0 Å². The Morgan fingerprint density at radius 1 is 1.57 bits per heavy atom. The highest BCUT2D eigenvalue weighted by molar-refractivity contribution is 9.10. The van der Waals surface area contributed by atoms with Crippen molar-refractivity contribution in [3.05, 3.63) is 20.3 Å². The minimum atomic E-state index is 0.569. The summed E-state index contributed by atoms with van der Waals surface area (Å²) >= 11 is 5.27. The van der Waals surface area contributed by atoms with Gasteiger partial charge in [0.15, 0.2) is 0 Å². The van der Waals surface area contributed by atoms with E-state index in [2.05, 4.69) is 48.2 Å². The molecule has 0 bridgehead atoms. The Kier molecular flexibility index (Phi) is 5.09. The largest absolute Gasteiger partial charge is 0.301 e. The first-order chi connectivity index (χ1) is 6.59. The number of rotatable bonds is 5. The SMILES string of the molecule is Cc1sc(CNOCC(C)C)cc1Br. The minimum Gasteiger partial charge on any atom is -0.301 e. The van der Waals surface area contributed by atoms with Crippen molar-refractivity contribution in [1.82, 2.24) is 5.48 Å². The van der Waals surface area contributed by atoms with Crippen LogP contribution < -0.4 is 5.48 Å². The van der Waals surface area contributed by atoms with Gasteiger partial charge in [-0.15, -0.1) is 11.3 Å². The monoisotopic (exact) mass is 277 g/mol. The molecule has 1 aromatic heterocycles. The van der Waals surface area contributed by atoms with Crippen molar-refractivity contribution in [2.45, 2.75) is 27.3 Å². The lowest BCUT2D eigenvalue weighted by Crippen LogP contribution is -2.16. The van der Waals surface area contributed by atoms with Crippen LogP contribution >= 0.6 is 27.3 Å². The van der Waals surface area contributed by atoms with Gasteiger partial charge in [-0.05, 0) is 34.8 Å². The second kappa shape index (κ2) is 5.85. The number of halogens is 1. The van der Waals surface area contributed by atoms with Crippen LogP contribution in [0.2, 0.25) is 0 Å². The third-order valence-electron chi connectivity index (χ3n) is 1.67. The van der Waals surface area contributed by atoms with Crippen LogP contribution in [0.3, 0.4) is 0 Å². The Hall–Kier alpha value is 0.100. The first kappa shape index (κ1) is 12.2. The normalized spacial score (nSPS) is 11.2. The van der Waals surface area contributed by atoms with Crippen LogP contribution in [0.5, 0.6) is 0 Å². The van der Waals surface area contributed by atoms with E-state index in [0.717, 1.165) is 13.2 Å². The molecule has 2 nitrogen and oxygen atoms in total. The summed E-state index contributed by atoms with van der Waals surface area (Å²) in [5.41, 5.74) is 2.96. The zero-order chi connectivity index (χ0) is 10.6. The molecular weight excluding hydrogens is 262 g/mol. The molecule has 0 aliphatic carbocycles. The van der Waals surface area contributed by atoms with Gasteiger partial charge >= 0.3 is 0 Å². The summed E-state index contributed by atoms with van der Waals surface area (Å²) < 4.78 is 1.18. The molecule has 1 aromatic rings. The molecule has 0 aliphatic heterocycles. The van der Waals surface area contributed by atoms with Crippen molar-refractivity contribution in [2.75, 3.05) is 6.61 Å². The van der Waals surface area contributed by atoms with Crippen molar-refractivity contribution in [2.24, 2.45) is 5.92 Å². The van der Waals surface area contributed by atoms with Gasteiger partial charge < -0.3 is 4.84 Å². The van der Waals surface area contributed by atoms with Gasteiger partial charge in [0.05, 0.1) is 13.2 Å². The second-order valence-electron chi connectivity index (χ2n) is 3.64. The lowest BCUT2D eigenvalue weighted by molar-refractivity contribution is 0.0201. The van der Waals surface area contributed by atoms with Gasteiger partial charge in [-0.2, -0.15) is 5.48 Å². The van der Waals surface area contributed by atoms with Crippen molar-refractivity contribution in [3.63, 3.8) is 0 Å². The molecule has 0 saturated carbocycles. The van der Waals surface area contributed by atoms with Gasteiger partial charge in [-0.3, -0.25) is 0 Å². The lowest BCUT2D eigenvalue weighted by Gasteiger charge is -2.06. The standard InChI is InChI=1S/C10H16BrNOS/c1-7(2)6-13-12-5-9-4-10(11)8(3)14-9/h4,7,12H,5-6H2,1-3H3. The minimum absolute atomic E-state index is 0.569. The van der Waals surface area contributed by atoms with Crippen LogP contribution in [-0.2, 0) is 11.4 Å². The predicted molar refractivity (Wildman–Crippen MR) is 64.4 cm³/mol. The fraction of sp³-hybridized carbons (Fsp3) is 0.600. The van der Waals surface area contributed by atoms with E-state index in [4.69, 9.17) is 4.84 Å². The fourth-order valence-electron chi connectivity index (χ4n) is 0.953. The van der Waals surface area contributed by atoms with Crippen LogP contribution in [0, 0.1) is 12.8 Å². The molecule has 0 unspecified atom stereocenters. The maximum Gasteiger partial charge on any atom is 0.0705 e. The number of thiophene rings is 1. The number of aryl methyl sites for hydroxylation is 1. The van der Waals surface area contributed by atoms with E-state index in [0.29, 0.717) is 5.92 Å². The Balaban J connectivity index is 2.25. The highest BCUT2D eigenvalue weighted by Crippen LogP contribution is 2.25. The Bertz CT molecular complexity index is 266. The van der Waals surface area contributed by atoms with E-state index in [1.165, 1.54) is 14.2 Å². The second-order valence-corrected chi connectivity index (χ2v) is 5.84. The summed E-state index contributed by atoms with van der Waals surface area (Å²) in [7, 11) is 0. The Morgan fingerprint density at radius 2 is 2.29 bits per heavy atom. The first-order valence-corrected chi connectivity index (χ1v) is 6.30. The molecule has 0 saturated heterocycles. The third kappa shape index (κ3) is 4.09. The van der Waals surface area contributed by atoms with Crippen LogP contribution in [0.15, 0.2) is 10.5 Å². The van der Waals surface area contributed by atoms with Gasteiger partial charge in [-0.1, -0.05) is 13.8 Å². The number of nitrogens with one attached hydrogen (secondary N) is 1. The molecule has 0 aliphatic rings.